The Hall–Kier alpha value is -1.55. The molecule has 1 aromatic carbocycles. The molecule has 2 heterocycles. The first-order chi connectivity index (χ1) is 11.8. The predicted molar refractivity (Wildman–Crippen MR) is 94.2 cm³/mol. The molecule has 1 aromatic rings. The third kappa shape index (κ3) is 3.55. The van der Waals surface area contributed by atoms with Gasteiger partial charge in [-0.05, 0) is 37.9 Å². The molecule has 1 atom stereocenters. The molecule has 9 heteroatoms. The zero-order valence-corrected chi connectivity index (χ0v) is 15.4. The third-order valence-electron chi connectivity index (χ3n) is 5.26. The van der Waals surface area contributed by atoms with Crippen molar-refractivity contribution in [1.29, 1.82) is 0 Å². The highest BCUT2D eigenvalue weighted by atomic mass is 32.2. The molecule has 3 rings (SSSR count). The monoisotopic (exact) mass is 368 g/mol. The van der Waals surface area contributed by atoms with Crippen LogP contribution < -0.4 is 5.32 Å². The number of hydrogen-bond donors (Lipinski definition) is 1. The molecule has 0 aromatic heterocycles. The number of hydrogen-bond acceptors (Lipinski definition) is 6. The molecule has 1 unspecified atom stereocenters. The highest BCUT2D eigenvalue weighted by molar-refractivity contribution is 7.89. The van der Waals surface area contributed by atoms with E-state index in [0.29, 0.717) is 43.3 Å². The third-order valence-corrected chi connectivity index (χ3v) is 7.28. The van der Waals surface area contributed by atoms with Crippen molar-refractivity contribution in [1.82, 2.24) is 14.5 Å². The summed E-state index contributed by atoms with van der Waals surface area (Å²) >= 11 is 0. The van der Waals surface area contributed by atoms with E-state index in [0.717, 1.165) is 19.5 Å². The van der Waals surface area contributed by atoms with Gasteiger partial charge in [0, 0.05) is 50.9 Å². The Balaban J connectivity index is 1.82. The summed E-state index contributed by atoms with van der Waals surface area (Å²) in [6.07, 6.45) is 1.09. The molecule has 2 fully saturated rings. The van der Waals surface area contributed by atoms with Crippen LogP contribution in [0.5, 0.6) is 0 Å². The first kappa shape index (κ1) is 18.2. The Labute approximate surface area is 148 Å². The van der Waals surface area contributed by atoms with E-state index in [2.05, 4.69) is 10.2 Å². The van der Waals surface area contributed by atoms with Gasteiger partial charge in [0.15, 0.2) is 0 Å². The van der Waals surface area contributed by atoms with Gasteiger partial charge >= 0.3 is 0 Å². The lowest BCUT2D eigenvalue weighted by atomic mass is 10.1. The fourth-order valence-corrected chi connectivity index (χ4v) is 5.32. The molecule has 25 heavy (non-hydrogen) atoms. The van der Waals surface area contributed by atoms with Crippen LogP contribution in [-0.2, 0) is 10.0 Å². The average molecular weight is 368 g/mol. The Bertz CT molecular complexity index is 767. The van der Waals surface area contributed by atoms with Crippen molar-refractivity contribution in [2.24, 2.45) is 0 Å². The Morgan fingerprint density at radius 3 is 2.44 bits per heavy atom. The maximum absolute atomic E-state index is 13.0. The van der Waals surface area contributed by atoms with Gasteiger partial charge in [0.1, 0.15) is 0 Å². The number of nitro groups is 1. The summed E-state index contributed by atoms with van der Waals surface area (Å²) in [5.74, 6) is 0. The highest BCUT2D eigenvalue weighted by Gasteiger charge is 2.33. The highest BCUT2D eigenvalue weighted by Crippen LogP contribution is 2.28. The van der Waals surface area contributed by atoms with E-state index in [4.69, 9.17) is 0 Å². The number of sulfonamides is 1. The molecular weight excluding hydrogens is 344 g/mol. The second-order valence-electron chi connectivity index (χ2n) is 6.73. The van der Waals surface area contributed by atoms with E-state index < -0.39 is 14.9 Å². The second kappa shape index (κ2) is 6.99. The molecule has 138 valence electrons. The van der Waals surface area contributed by atoms with Gasteiger partial charge in [-0.2, -0.15) is 4.31 Å². The van der Waals surface area contributed by atoms with Crippen molar-refractivity contribution in [2.75, 3.05) is 39.3 Å². The zero-order valence-electron chi connectivity index (χ0n) is 14.6. The van der Waals surface area contributed by atoms with Crippen molar-refractivity contribution < 1.29 is 13.3 Å². The number of piperazine rings is 1. The van der Waals surface area contributed by atoms with Crippen LogP contribution in [0.2, 0.25) is 0 Å². The molecule has 2 saturated heterocycles. The van der Waals surface area contributed by atoms with Crippen LogP contribution in [0.15, 0.2) is 17.0 Å². The SMILES string of the molecule is Cc1cc([N+](=O)[O-])cc(S(=O)(=O)N2CCN(C3CCNC3)CC2)c1C. The van der Waals surface area contributed by atoms with E-state index in [-0.39, 0.29) is 10.6 Å². The summed E-state index contributed by atoms with van der Waals surface area (Å²) in [5, 5.41) is 14.4. The lowest BCUT2D eigenvalue weighted by molar-refractivity contribution is -0.385. The van der Waals surface area contributed by atoms with Crippen LogP contribution in [0.1, 0.15) is 17.5 Å². The maximum Gasteiger partial charge on any atom is 0.271 e. The number of rotatable bonds is 4. The van der Waals surface area contributed by atoms with Gasteiger partial charge in [-0.15, -0.1) is 0 Å². The molecule has 0 spiro atoms. The van der Waals surface area contributed by atoms with Crippen LogP contribution >= 0.6 is 0 Å². The average Bonchev–Trinajstić information content (AvgIpc) is 3.11. The van der Waals surface area contributed by atoms with Crippen molar-refractivity contribution in [2.45, 2.75) is 31.2 Å². The standard InChI is InChI=1S/C16H24N4O4S/c1-12-9-15(20(21)22)10-16(13(12)2)25(23,24)19-7-5-18(6-8-19)14-3-4-17-11-14/h9-10,14,17H,3-8,11H2,1-2H3. The normalized spacial score (nSPS) is 23.0. The summed E-state index contributed by atoms with van der Waals surface area (Å²) in [6, 6.07) is 3.08. The summed E-state index contributed by atoms with van der Waals surface area (Å²) in [7, 11) is -3.73. The van der Waals surface area contributed by atoms with Crippen molar-refractivity contribution in [3.63, 3.8) is 0 Å². The number of aryl methyl sites for hydroxylation is 1. The second-order valence-corrected chi connectivity index (χ2v) is 8.64. The van der Waals surface area contributed by atoms with Crippen molar-refractivity contribution in [3.8, 4) is 0 Å². The predicted octanol–water partition coefficient (Wildman–Crippen LogP) is 0.880. The Kier molecular flexibility index (Phi) is 5.10. The lowest BCUT2D eigenvalue weighted by Gasteiger charge is -2.37. The molecule has 0 amide bonds. The maximum atomic E-state index is 13.0. The van der Waals surface area contributed by atoms with Crippen LogP contribution in [0, 0.1) is 24.0 Å². The Morgan fingerprint density at radius 1 is 1.20 bits per heavy atom. The summed E-state index contributed by atoms with van der Waals surface area (Å²) in [4.78, 5) is 12.9. The van der Waals surface area contributed by atoms with Crippen LogP contribution in [-0.4, -0.2) is 67.9 Å². The van der Waals surface area contributed by atoms with Gasteiger partial charge in [0.25, 0.3) is 5.69 Å². The van der Waals surface area contributed by atoms with Gasteiger partial charge < -0.3 is 5.32 Å². The number of non-ortho nitro benzene ring substituents is 1. The van der Waals surface area contributed by atoms with E-state index >= 15 is 0 Å². The zero-order chi connectivity index (χ0) is 18.2. The number of nitrogens with zero attached hydrogens (tertiary/aromatic N) is 3. The van der Waals surface area contributed by atoms with Gasteiger partial charge in [0.2, 0.25) is 10.0 Å². The summed E-state index contributed by atoms with van der Waals surface area (Å²) < 4.78 is 27.5. The molecule has 8 nitrogen and oxygen atoms in total. The van der Waals surface area contributed by atoms with Gasteiger partial charge in [-0.1, -0.05) is 0 Å². The minimum Gasteiger partial charge on any atom is -0.315 e. The first-order valence-corrected chi connectivity index (χ1v) is 9.95. The molecule has 0 bridgehead atoms. The van der Waals surface area contributed by atoms with E-state index in [9.17, 15) is 18.5 Å². The molecule has 0 radical (unpaired) electrons. The van der Waals surface area contributed by atoms with E-state index in [1.165, 1.54) is 16.4 Å². The van der Waals surface area contributed by atoms with Crippen LogP contribution in [0.25, 0.3) is 0 Å². The lowest BCUT2D eigenvalue weighted by Crippen LogP contribution is -2.52. The minimum atomic E-state index is -3.73. The largest absolute Gasteiger partial charge is 0.315 e. The first-order valence-electron chi connectivity index (χ1n) is 8.51. The van der Waals surface area contributed by atoms with Crippen molar-refractivity contribution in [3.05, 3.63) is 33.4 Å². The summed E-state index contributed by atoms with van der Waals surface area (Å²) in [5.41, 5.74) is 1.01. The van der Waals surface area contributed by atoms with E-state index in [1.807, 2.05) is 0 Å². The smallest absolute Gasteiger partial charge is 0.271 e. The minimum absolute atomic E-state index is 0.0511. The molecule has 0 saturated carbocycles. The number of benzene rings is 1. The van der Waals surface area contributed by atoms with Gasteiger partial charge in [-0.3, -0.25) is 15.0 Å². The fraction of sp³-hybridized carbons (Fsp3) is 0.625. The fourth-order valence-electron chi connectivity index (χ4n) is 3.58. The van der Waals surface area contributed by atoms with Gasteiger partial charge in [0.05, 0.1) is 9.82 Å². The van der Waals surface area contributed by atoms with Crippen LogP contribution in [0.3, 0.4) is 0 Å². The quantitative estimate of drug-likeness (QED) is 0.626. The summed E-state index contributed by atoms with van der Waals surface area (Å²) in [6.45, 7) is 7.58. The van der Waals surface area contributed by atoms with Crippen LogP contribution in [0.4, 0.5) is 5.69 Å². The molecule has 2 aliphatic heterocycles. The number of nitrogens with one attached hydrogen (secondary N) is 1. The topological polar surface area (TPSA) is 95.8 Å². The Morgan fingerprint density at radius 2 is 1.88 bits per heavy atom. The molecule has 2 aliphatic rings. The molecular formula is C16H24N4O4S. The molecule has 1 N–H and O–H groups in total. The van der Waals surface area contributed by atoms with Crippen molar-refractivity contribution >= 4 is 15.7 Å². The van der Waals surface area contributed by atoms with Gasteiger partial charge in [-0.25, -0.2) is 8.42 Å². The van der Waals surface area contributed by atoms with E-state index in [1.54, 1.807) is 13.8 Å². The number of nitro benzene ring substituents is 1. The molecule has 0 aliphatic carbocycles.